The molecule has 0 saturated heterocycles. The Balaban J connectivity index is 1.31. The summed E-state index contributed by atoms with van der Waals surface area (Å²) in [5, 5.41) is 0. The topological polar surface area (TPSA) is 104 Å². The molecule has 1 aliphatic rings. The van der Waals surface area contributed by atoms with Crippen molar-refractivity contribution in [1.82, 2.24) is 0 Å². The van der Waals surface area contributed by atoms with Gasteiger partial charge < -0.3 is 10.5 Å². The number of carbonyl (C=O) groups excluding carboxylic acids is 2. The Morgan fingerprint density at radius 3 is 2.02 bits per heavy atom. The van der Waals surface area contributed by atoms with Crippen molar-refractivity contribution in [3.05, 3.63) is 102 Å². The summed E-state index contributed by atoms with van der Waals surface area (Å²) in [4.78, 5) is 25.9. The summed E-state index contributed by atoms with van der Waals surface area (Å²) in [5.74, 6) is -1.46. The van der Waals surface area contributed by atoms with Gasteiger partial charge in [0, 0.05) is 18.3 Å². The fourth-order valence-corrected chi connectivity index (χ4v) is 7.25. The van der Waals surface area contributed by atoms with Crippen LogP contribution in [0.1, 0.15) is 54.7 Å². The van der Waals surface area contributed by atoms with Gasteiger partial charge in [0.2, 0.25) is 0 Å². The van der Waals surface area contributed by atoms with Crippen LogP contribution >= 0.6 is 0 Å². The summed E-state index contributed by atoms with van der Waals surface area (Å²) in [6.45, 7) is 0.0117. The van der Waals surface area contributed by atoms with Crippen molar-refractivity contribution in [3.63, 3.8) is 0 Å². The molecule has 4 rings (SSSR count). The lowest BCUT2D eigenvalue weighted by Crippen LogP contribution is -2.35. The Bertz CT molecular complexity index is 1450. The first-order valence-corrected chi connectivity index (χ1v) is 16.0. The van der Waals surface area contributed by atoms with Crippen molar-refractivity contribution in [3.8, 4) is 0 Å². The molecule has 0 amide bonds. The zero-order chi connectivity index (χ0) is 31.0. The molecule has 3 aromatic carbocycles. The number of esters is 1. The fraction of sp³-hybridized carbons (Fsp3) is 0.394. The van der Waals surface area contributed by atoms with Gasteiger partial charge in [-0.2, -0.15) is 13.2 Å². The number of ether oxygens (including phenoxy) is 1. The molecule has 1 fully saturated rings. The number of nitrogens with two attached hydrogens (primary N) is 1. The van der Waals surface area contributed by atoms with E-state index in [0.717, 1.165) is 35.4 Å². The third kappa shape index (κ3) is 9.24. The minimum Gasteiger partial charge on any atom is -0.464 e. The lowest BCUT2D eigenvalue weighted by molar-refractivity contribution is -0.146. The van der Waals surface area contributed by atoms with Gasteiger partial charge >= 0.3 is 12.1 Å². The molecule has 1 saturated carbocycles. The highest BCUT2D eigenvalue weighted by atomic mass is 32.2. The maximum atomic E-state index is 13.4. The maximum absolute atomic E-state index is 13.4. The summed E-state index contributed by atoms with van der Waals surface area (Å²) in [5.41, 5.74) is 6.97. The molecule has 0 bridgehead atoms. The molecule has 0 aromatic heterocycles. The Morgan fingerprint density at radius 2 is 1.44 bits per heavy atom. The van der Waals surface area contributed by atoms with Crippen molar-refractivity contribution in [1.29, 1.82) is 0 Å². The number of sulfone groups is 1. The first-order valence-electron chi connectivity index (χ1n) is 14.4. The van der Waals surface area contributed by atoms with E-state index in [4.69, 9.17) is 10.5 Å². The lowest BCUT2D eigenvalue weighted by Gasteiger charge is -2.28. The molecule has 0 spiro atoms. The van der Waals surface area contributed by atoms with Gasteiger partial charge in [0.15, 0.2) is 9.84 Å². The zero-order valence-electron chi connectivity index (χ0n) is 23.7. The van der Waals surface area contributed by atoms with Crippen LogP contribution in [-0.2, 0) is 36.8 Å². The summed E-state index contributed by atoms with van der Waals surface area (Å²) >= 11 is 0. The van der Waals surface area contributed by atoms with Gasteiger partial charge in [0.25, 0.3) is 0 Å². The van der Waals surface area contributed by atoms with Gasteiger partial charge in [-0.3, -0.25) is 9.59 Å². The van der Waals surface area contributed by atoms with Crippen LogP contribution < -0.4 is 5.73 Å². The van der Waals surface area contributed by atoms with E-state index in [1.54, 1.807) is 0 Å². The maximum Gasteiger partial charge on any atom is 0.416 e. The average Bonchev–Trinajstić information content (AvgIpc) is 2.99. The third-order valence-electron chi connectivity index (χ3n) is 8.04. The highest BCUT2D eigenvalue weighted by Crippen LogP contribution is 2.35. The first kappa shape index (κ1) is 32.4. The van der Waals surface area contributed by atoms with Crippen LogP contribution in [0.4, 0.5) is 13.2 Å². The molecule has 2 N–H and O–H groups in total. The monoisotopic (exact) mass is 615 g/mol. The minimum absolute atomic E-state index is 0.0117. The second-order valence-electron chi connectivity index (χ2n) is 11.2. The van der Waals surface area contributed by atoms with E-state index in [1.165, 1.54) is 0 Å². The molecular weight excluding hydrogens is 579 g/mol. The number of Topliss-reactive ketones (excluding diaryl/α,β-unsaturated/α-hetero) is 1. The molecular formula is C33H36F3NO5S. The lowest BCUT2D eigenvalue weighted by atomic mass is 9.78. The van der Waals surface area contributed by atoms with E-state index in [9.17, 15) is 31.2 Å². The summed E-state index contributed by atoms with van der Waals surface area (Å²) in [7, 11) is -3.77. The molecule has 0 aliphatic heterocycles. The van der Waals surface area contributed by atoms with E-state index < -0.39 is 33.6 Å². The van der Waals surface area contributed by atoms with Crippen molar-refractivity contribution in [2.75, 3.05) is 12.4 Å². The van der Waals surface area contributed by atoms with Crippen molar-refractivity contribution in [2.45, 2.75) is 61.6 Å². The smallest absolute Gasteiger partial charge is 0.416 e. The van der Waals surface area contributed by atoms with Crippen LogP contribution in [0.15, 0.2) is 89.8 Å². The van der Waals surface area contributed by atoms with Crippen LogP contribution in [0.2, 0.25) is 0 Å². The molecule has 6 nitrogen and oxygen atoms in total. The predicted octanol–water partition coefficient (Wildman–Crippen LogP) is 6.14. The molecule has 1 aliphatic carbocycles. The van der Waals surface area contributed by atoms with Crippen LogP contribution in [0, 0.1) is 11.8 Å². The average molecular weight is 616 g/mol. The summed E-state index contributed by atoms with van der Waals surface area (Å²) in [6.07, 6.45) is -1.93. The molecule has 10 heteroatoms. The number of benzene rings is 3. The van der Waals surface area contributed by atoms with Crippen LogP contribution in [-0.4, -0.2) is 38.6 Å². The van der Waals surface area contributed by atoms with Crippen LogP contribution in [0.25, 0.3) is 0 Å². The van der Waals surface area contributed by atoms with E-state index >= 15 is 0 Å². The first-order chi connectivity index (χ1) is 20.4. The van der Waals surface area contributed by atoms with E-state index in [0.29, 0.717) is 32.1 Å². The molecule has 43 heavy (non-hydrogen) atoms. The van der Waals surface area contributed by atoms with Gasteiger partial charge in [0.1, 0.15) is 11.8 Å². The quantitative estimate of drug-likeness (QED) is 0.246. The molecule has 3 aromatic rings. The molecule has 0 unspecified atom stereocenters. The molecule has 0 heterocycles. The number of alkyl halides is 3. The highest BCUT2D eigenvalue weighted by Gasteiger charge is 2.33. The number of ketones is 1. The SMILES string of the molecule is N[C@@H](Cc1ccccc1)C(=O)OC[C@@H](CC(=O)C1CCC(CS(=O)(=O)c2ccc(C(F)(F)F)cc2)CC1)c1ccccc1. The Labute approximate surface area is 250 Å². The minimum atomic E-state index is -4.54. The second-order valence-corrected chi connectivity index (χ2v) is 13.3. The number of halogens is 3. The summed E-state index contributed by atoms with van der Waals surface area (Å²) in [6, 6.07) is 21.5. The van der Waals surface area contributed by atoms with Gasteiger partial charge in [-0.15, -0.1) is 0 Å². The Morgan fingerprint density at radius 1 is 0.860 bits per heavy atom. The fourth-order valence-electron chi connectivity index (χ4n) is 5.56. The van der Waals surface area contributed by atoms with Gasteiger partial charge in [-0.25, -0.2) is 8.42 Å². The molecule has 0 radical (unpaired) electrons. The Kier molecular flexibility index (Phi) is 10.8. The van der Waals surface area contributed by atoms with Crippen molar-refractivity contribution < 1.29 is 35.9 Å². The van der Waals surface area contributed by atoms with Crippen LogP contribution in [0.3, 0.4) is 0 Å². The standard InChI is InChI=1S/C33H36F3NO5S/c34-33(35,36)28-15-17-29(18-16-28)43(40,41)22-24-11-13-26(14-12-24)31(38)20-27(25-9-5-2-6-10-25)21-42-32(39)30(37)19-23-7-3-1-4-8-23/h1-10,15-18,24,26-27,30H,11-14,19-22,37H2/t24?,26?,27-,30+/m1/s1. The van der Waals surface area contributed by atoms with Crippen LogP contribution in [0.5, 0.6) is 0 Å². The second kappa shape index (κ2) is 14.3. The summed E-state index contributed by atoms with van der Waals surface area (Å²) < 4.78 is 69.8. The largest absolute Gasteiger partial charge is 0.464 e. The van der Waals surface area contributed by atoms with E-state index in [2.05, 4.69) is 0 Å². The van der Waals surface area contributed by atoms with Gasteiger partial charge in [0.05, 0.1) is 22.8 Å². The number of carbonyl (C=O) groups is 2. The van der Waals surface area contributed by atoms with Gasteiger partial charge in [-0.05, 0) is 73.4 Å². The normalized spacial score (nSPS) is 18.9. The highest BCUT2D eigenvalue weighted by molar-refractivity contribution is 7.91. The molecule has 230 valence electrons. The number of rotatable bonds is 12. The van der Waals surface area contributed by atoms with E-state index in [1.807, 2.05) is 60.7 Å². The number of hydrogen-bond donors (Lipinski definition) is 1. The Hall–Kier alpha value is -3.50. The van der Waals surface area contributed by atoms with Crippen molar-refractivity contribution in [2.24, 2.45) is 17.6 Å². The zero-order valence-corrected chi connectivity index (χ0v) is 24.5. The predicted molar refractivity (Wildman–Crippen MR) is 157 cm³/mol. The molecule has 2 atom stereocenters. The van der Waals surface area contributed by atoms with Gasteiger partial charge in [-0.1, -0.05) is 60.7 Å². The third-order valence-corrected chi connectivity index (χ3v) is 9.95. The number of hydrogen-bond acceptors (Lipinski definition) is 6. The van der Waals surface area contributed by atoms with Crippen molar-refractivity contribution >= 4 is 21.6 Å². The van der Waals surface area contributed by atoms with E-state index in [-0.39, 0.29) is 47.2 Å².